The third-order valence-electron chi connectivity index (χ3n) is 6.92. The van der Waals surface area contributed by atoms with Crippen molar-refractivity contribution in [3.8, 4) is 0 Å². The van der Waals surface area contributed by atoms with Crippen LogP contribution in [0.1, 0.15) is 71.4 Å². The van der Waals surface area contributed by atoms with Gasteiger partial charge in [-0.1, -0.05) is 45.0 Å². The second-order valence-corrected chi connectivity index (χ2v) is 9.59. The van der Waals surface area contributed by atoms with E-state index in [2.05, 4.69) is 41.0 Å². The summed E-state index contributed by atoms with van der Waals surface area (Å²) in [5.74, 6) is 0.271. The highest BCUT2D eigenvalue weighted by molar-refractivity contribution is 5.52. The van der Waals surface area contributed by atoms with Crippen LogP contribution in [0.15, 0.2) is 30.6 Å². The fourth-order valence-corrected chi connectivity index (χ4v) is 4.12. The van der Waals surface area contributed by atoms with Gasteiger partial charge in [0.25, 0.3) is 0 Å². The number of hydrogen-bond acceptors (Lipinski definition) is 4. The molecule has 0 radical (unpaired) electrons. The zero-order valence-electron chi connectivity index (χ0n) is 19.5. The SMILES string of the molecule is CCC(C)(CC)CNc1ncnc(N2CCCC2Cc2ccc(C(C)(C)F)cc2)c1F. The van der Waals surface area contributed by atoms with Crippen molar-refractivity contribution in [1.82, 2.24) is 9.97 Å². The van der Waals surface area contributed by atoms with Crippen molar-refractivity contribution in [2.45, 2.75) is 78.4 Å². The van der Waals surface area contributed by atoms with E-state index in [1.165, 1.54) is 6.33 Å². The third-order valence-corrected chi connectivity index (χ3v) is 6.92. The van der Waals surface area contributed by atoms with Crippen LogP contribution in [0.3, 0.4) is 0 Å². The van der Waals surface area contributed by atoms with E-state index >= 15 is 4.39 Å². The summed E-state index contributed by atoms with van der Waals surface area (Å²) in [7, 11) is 0. The lowest BCUT2D eigenvalue weighted by molar-refractivity contribution is 0.221. The molecule has 0 saturated carbocycles. The first-order chi connectivity index (χ1) is 14.7. The highest BCUT2D eigenvalue weighted by Gasteiger charge is 2.30. The van der Waals surface area contributed by atoms with E-state index in [1.807, 2.05) is 24.3 Å². The van der Waals surface area contributed by atoms with Gasteiger partial charge in [-0.3, -0.25) is 0 Å². The lowest BCUT2D eigenvalue weighted by Crippen LogP contribution is -2.33. The van der Waals surface area contributed by atoms with Gasteiger partial charge in [0.1, 0.15) is 12.0 Å². The summed E-state index contributed by atoms with van der Waals surface area (Å²) in [6.45, 7) is 11.1. The average Bonchev–Trinajstić information content (AvgIpc) is 3.20. The van der Waals surface area contributed by atoms with Gasteiger partial charge in [0, 0.05) is 19.1 Å². The molecule has 2 heterocycles. The fraction of sp³-hybridized carbons (Fsp3) is 0.600. The Balaban J connectivity index is 1.74. The van der Waals surface area contributed by atoms with Crippen molar-refractivity contribution in [1.29, 1.82) is 0 Å². The molecule has 0 spiro atoms. The first-order valence-electron chi connectivity index (χ1n) is 11.5. The monoisotopic (exact) mass is 430 g/mol. The Morgan fingerprint density at radius 2 is 1.77 bits per heavy atom. The van der Waals surface area contributed by atoms with Crippen LogP contribution in [0, 0.1) is 11.2 Å². The van der Waals surface area contributed by atoms with Gasteiger partial charge < -0.3 is 10.2 Å². The van der Waals surface area contributed by atoms with E-state index in [0.717, 1.165) is 44.2 Å². The molecule has 31 heavy (non-hydrogen) atoms. The fourth-order valence-electron chi connectivity index (χ4n) is 4.12. The van der Waals surface area contributed by atoms with E-state index < -0.39 is 5.67 Å². The normalized spacial score (nSPS) is 17.3. The summed E-state index contributed by atoms with van der Waals surface area (Å²) < 4.78 is 29.5. The van der Waals surface area contributed by atoms with E-state index in [1.54, 1.807) is 13.8 Å². The van der Waals surface area contributed by atoms with E-state index in [-0.39, 0.29) is 23.1 Å². The second-order valence-electron chi connectivity index (χ2n) is 9.59. The molecule has 6 heteroatoms. The molecule has 170 valence electrons. The first-order valence-corrected chi connectivity index (χ1v) is 11.5. The minimum Gasteiger partial charge on any atom is -0.367 e. The number of nitrogens with zero attached hydrogens (tertiary/aromatic N) is 3. The molecule has 1 aliphatic rings. The van der Waals surface area contributed by atoms with Gasteiger partial charge in [-0.25, -0.2) is 14.4 Å². The maximum Gasteiger partial charge on any atom is 0.207 e. The Hall–Kier alpha value is -2.24. The van der Waals surface area contributed by atoms with Crippen LogP contribution in [0.25, 0.3) is 0 Å². The van der Waals surface area contributed by atoms with Crippen LogP contribution in [0.4, 0.5) is 20.4 Å². The summed E-state index contributed by atoms with van der Waals surface area (Å²) in [4.78, 5) is 10.5. The van der Waals surface area contributed by atoms with Gasteiger partial charge in [0.05, 0.1) is 0 Å². The van der Waals surface area contributed by atoms with Crippen molar-refractivity contribution >= 4 is 11.6 Å². The molecule has 1 aromatic heterocycles. The number of rotatable bonds is 9. The maximum atomic E-state index is 15.3. The van der Waals surface area contributed by atoms with Crippen LogP contribution < -0.4 is 10.2 Å². The number of anilines is 2. The van der Waals surface area contributed by atoms with Gasteiger partial charge in [0.2, 0.25) is 5.82 Å². The zero-order valence-corrected chi connectivity index (χ0v) is 19.5. The minimum atomic E-state index is -1.35. The van der Waals surface area contributed by atoms with Gasteiger partial charge in [0.15, 0.2) is 11.6 Å². The smallest absolute Gasteiger partial charge is 0.207 e. The number of hydrogen-bond donors (Lipinski definition) is 1. The number of benzene rings is 1. The van der Waals surface area contributed by atoms with Crippen molar-refractivity contribution < 1.29 is 8.78 Å². The van der Waals surface area contributed by atoms with Crippen molar-refractivity contribution in [2.75, 3.05) is 23.3 Å². The van der Waals surface area contributed by atoms with Crippen LogP contribution in [0.5, 0.6) is 0 Å². The molecule has 1 unspecified atom stereocenters. The van der Waals surface area contributed by atoms with Gasteiger partial charge in [-0.05, 0) is 62.5 Å². The lowest BCUT2D eigenvalue weighted by atomic mass is 9.85. The Labute approximate surface area is 185 Å². The minimum absolute atomic E-state index is 0.105. The number of nitrogens with one attached hydrogen (secondary N) is 1. The molecular weight excluding hydrogens is 394 g/mol. The van der Waals surface area contributed by atoms with Crippen LogP contribution in [-0.4, -0.2) is 29.1 Å². The largest absolute Gasteiger partial charge is 0.367 e. The Morgan fingerprint density at radius 1 is 1.10 bits per heavy atom. The van der Waals surface area contributed by atoms with Crippen LogP contribution >= 0.6 is 0 Å². The molecule has 1 aliphatic heterocycles. The Morgan fingerprint density at radius 3 is 2.39 bits per heavy atom. The van der Waals surface area contributed by atoms with Crippen LogP contribution in [0.2, 0.25) is 0 Å². The summed E-state index contributed by atoms with van der Waals surface area (Å²) in [6.07, 6.45) is 6.24. The van der Waals surface area contributed by atoms with Crippen molar-refractivity contribution in [3.05, 3.63) is 47.5 Å². The maximum absolute atomic E-state index is 15.3. The molecule has 1 fully saturated rings. The predicted octanol–water partition coefficient (Wildman–Crippen LogP) is 6.27. The van der Waals surface area contributed by atoms with E-state index in [9.17, 15) is 4.39 Å². The molecule has 0 aliphatic carbocycles. The van der Waals surface area contributed by atoms with Gasteiger partial charge >= 0.3 is 0 Å². The molecule has 0 amide bonds. The zero-order chi connectivity index (χ0) is 22.6. The molecule has 4 nitrogen and oxygen atoms in total. The predicted molar refractivity (Wildman–Crippen MR) is 124 cm³/mol. The summed E-state index contributed by atoms with van der Waals surface area (Å²) in [5.41, 5.74) is 0.549. The molecule has 2 aromatic rings. The second kappa shape index (κ2) is 9.49. The topological polar surface area (TPSA) is 41.1 Å². The molecular formula is C25H36F2N4. The molecule has 1 saturated heterocycles. The number of alkyl halides is 1. The van der Waals surface area contributed by atoms with Crippen molar-refractivity contribution in [2.24, 2.45) is 5.41 Å². The highest BCUT2D eigenvalue weighted by Crippen LogP contribution is 2.32. The highest BCUT2D eigenvalue weighted by atomic mass is 19.1. The van der Waals surface area contributed by atoms with Gasteiger partial charge in [-0.2, -0.15) is 4.39 Å². The standard InChI is InChI=1S/C25H36F2N4/c1-6-25(5,7-2)16-28-22-21(26)23(30-17-29-22)31-14-8-9-20(31)15-18-10-12-19(13-11-18)24(3,4)27/h10-13,17,20H,6-9,14-16H2,1-5H3,(H,28,29,30). The molecule has 1 atom stereocenters. The molecule has 1 aromatic carbocycles. The summed E-state index contributed by atoms with van der Waals surface area (Å²) in [6, 6.07) is 7.82. The van der Waals surface area contributed by atoms with Crippen molar-refractivity contribution in [3.63, 3.8) is 0 Å². The summed E-state index contributed by atoms with van der Waals surface area (Å²) in [5, 5.41) is 3.22. The van der Waals surface area contributed by atoms with Gasteiger partial charge in [-0.15, -0.1) is 0 Å². The molecule has 1 N–H and O–H groups in total. The quantitative estimate of drug-likeness (QED) is 0.509. The van der Waals surface area contributed by atoms with E-state index in [0.29, 0.717) is 17.9 Å². The average molecular weight is 431 g/mol. The van der Waals surface area contributed by atoms with Crippen LogP contribution in [-0.2, 0) is 12.1 Å². The Kier molecular flexibility index (Phi) is 7.17. The third kappa shape index (κ3) is 5.52. The number of halogens is 2. The first kappa shape index (κ1) is 23.4. The van der Waals surface area contributed by atoms with E-state index in [4.69, 9.17) is 0 Å². The number of aromatic nitrogens is 2. The lowest BCUT2D eigenvalue weighted by Gasteiger charge is -2.29. The molecule has 0 bridgehead atoms. The summed E-state index contributed by atoms with van der Waals surface area (Å²) >= 11 is 0. The molecule has 3 rings (SSSR count). The Bertz CT molecular complexity index is 857.